The first-order chi connectivity index (χ1) is 14.6. The molecule has 2 heterocycles. The molecule has 152 valence electrons. The summed E-state index contributed by atoms with van der Waals surface area (Å²) in [5.41, 5.74) is 1.55. The van der Waals surface area contributed by atoms with Crippen LogP contribution in [0.1, 0.15) is 5.76 Å². The van der Waals surface area contributed by atoms with Crippen molar-refractivity contribution in [3.63, 3.8) is 0 Å². The minimum absolute atomic E-state index is 0.229. The normalized spacial score (nSPS) is 16.2. The Kier molecular flexibility index (Phi) is 5.96. The molecule has 6 nitrogen and oxygen atoms in total. The number of thioether (sulfide) groups is 1. The number of amidine groups is 1. The van der Waals surface area contributed by atoms with E-state index in [0.29, 0.717) is 33.0 Å². The van der Waals surface area contributed by atoms with E-state index < -0.39 is 0 Å². The minimum Gasteiger partial charge on any atom is -0.497 e. The first-order valence-corrected chi connectivity index (χ1v) is 10.5. The van der Waals surface area contributed by atoms with Gasteiger partial charge < -0.3 is 19.2 Å². The summed E-state index contributed by atoms with van der Waals surface area (Å²) in [5.74, 6) is 2.31. The molecular weight excluding hydrogens is 468 g/mol. The van der Waals surface area contributed by atoms with Gasteiger partial charge in [-0.15, -0.1) is 0 Å². The zero-order chi connectivity index (χ0) is 21.1. The van der Waals surface area contributed by atoms with Gasteiger partial charge in [-0.05, 0) is 48.2 Å². The highest BCUT2D eigenvalue weighted by Crippen LogP contribution is 2.35. The van der Waals surface area contributed by atoms with E-state index in [0.717, 1.165) is 15.8 Å². The number of carbonyl (C=O) groups is 1. The van der Waals surface area contributed by atoms with E-state index in [1.54, 1.807) is 38.5 Å². The number of hydrogen-bond acceptors (Lipinski definition) is 6. The van der Waals surface area contributed by atoms with Crippen molar-refractivity contribution in [2.45, 2.75) is 0 Å². The number of carbonyl (C=O) groups excluding carboxylic acids is 1. The second kappa shape index (κ2) is 8.81. The molecule has 1 aliphatic heterocycles. The van der Waals surface area contributed by atoms with E-state index in [4.69, 9.17) is 13.9 Å². The lowest BCUT2D eigenvalue weighted by Crippen LogP contribution is -2.19. The van der Waals surface area contributed by atoms with Crippen LogP contribution >= 0.6 is 27.7 Å². The molecule has 8 heteroatoms. The SMILES string of the molecule is COc1ccc(N=C2NC(=O)C(=Cc3ccc(-c4ccc(Br)cc4)o3)S2)c(OC)c1. The number of furan rings is 1. The molecular formula is C22H17BrN2O4S. The number of halogens is 1. The Morgan fingerprint density at radius 3 is 2.60 bits per heavy atom. The van der Waals surface area contributed by atoms with Gasteiger partial charge in [-0.3, -0.25) is 4.79 Å². The van der Waals surface area contributed by atoms with Crippen molar-refractivity contribution >= 4 is 50.5 Å². The molecule has 1 saturated heterocycles. The summed E-state index contributed by atoms with van der Waals surface area (Å²) >= 11 is 4.66. The van der Waals surface area contributed by atoms with Crippen LogP contribution in [0.2, 0.25) is 0 Å². The summed E-state index contributed by atoms with van der Waals surface area (Å²) < 4.78 is 17.4. The van der Waals surface area contributed by atoms with Gasteiger partial charge >= 0.3 is 0 Å². The molecule has 1 N–H and O–H groups in total. The first kappa shape index (κ1) is 20.3. The quantitative estimate of drug-likeness (QED) is 0.475. The van der Waals surface area contributed by atoms with Crippen LogP contribution in [-0.2, 0) is 4.79 Å². The van der Waals surface area contributed by atoms with Gasteiger partial charge in [0, 0.05) is 22.2 Å². The molecule has 0 radical (unpaired) electrons. The summed E-state index contributed by atoms with van der Waals surface area (Å²) in [7, 11) is 3.14. The van der Waals surface area contributed by atoms with Crippen LogP contribution in [0.15, 0.2) is 73.4 Å². The van der Waals surface area contributed by atoms with Gasteiger partial charge in [0.05, 0.1) is 19.1 Å². The summed E-state index contributed by atoms with van der Waals surface area (Å²) in [5, 5.41) is 3.24. The monoisotopic (exact) mass is 484 g/mol. The zero-order valence-corrected chi connectivity index (χ0v) is 18.5. The third-order valence-corrected chi connectivity index (χ3v) is 5.73. The molecule has 0 spiro atoms. The number of methoxy groups -OCH3 is 2. The molecule has 4 rings (SSSR count). The number of nitrogens with zero attached hydrogens (tertiary/aromatic N) is 1. The Morgan fingerprint density at radius 2 is 1.87 bits per heavy atom. The van der Waals surface area contributed by atoms with Crippen LogP contribution < -0.4 is 14.8 Å². The Labute approximate surface area is 186 Å². The molecule has 1 aliphatic rings. The van der Waals surface area contributed by atoms with Gasteiger partial charge in [0.25, 0.3) is 5.91 Å². The number of nitrogens with one attached hydrogen (secondary N) is 1. The van der Waals surface area contributed by atoms with Crippen LogP contribution in [0.3, 0.4) is 0 Å². The minimum atomic E-state index is -0.229. The van der Waals surface area contributed by atoms with Crippen molar-refractivity contribution in [3.05, 3.63) is 69.7 Å². The summed E-state index contributed by atoms with van der Waals surface area (Å²) in [6.45, 7) is 0. The van der Waals surface area contributed by atoms with Crippen molar-refractivity contribution in [1.82, 2.24) is 5.32 Å². The molecule has 2 aromatic carbocycles. The predicted octanol–water partition coefficient (Wildman–Crippen LogP) is 5.62. The lowest BCUT2D eigenvalue weighted by Gasteiger charge is -2.07. The molecule has 0 bridgehead atoms. The van der Waals surface area contributed by atoms with Crippen molar-refractivity contribution in [2.24, 2.45) is 4.99 Å². The number of hydrogen-bond donors (Lipinski definition) is 1. The maximum Gasteiger partial charge on any atom is 0.264 e. The molecule has 3 aromatic rings. The lowest BCUT2D eigenvalue weighted by atomic mass is 10.2. The smallest absolute Gasteiger partial charge is 0.264 e. The van der Waals surface area contributed by atoms with Crippen molar-refractivity contribution in [3.8, 4) is 22.8 Å². The molecule has 0 atom stereocenters. The highest BCUT2D eigenvalue weighted by atomic mass is 79.9. The van der Waals surface area contributed by atoms with E-state index in [2.05, 4.69) is 26.2 Å². The molecule has 0 unspecified atom stereocenters. The Morgan fingerprint density at radius 1 is 1.07 bits per heavy atom. The Hall–Kier alpha value is -2.97. The van der Waals surface area contributed by atoms with Gasteiger partial charge in [0.15, 0.2) is 5.17 Å². The van der Waals surface area contributed by atoms with Gasteiger partial charge in [0.2, 0.25) is 0 Å². The number of amides is 1. The average molecular weight is 485 g/mol. The van der Waals surface area contributed by atoms with Crippen LogP contribution in [0.25, 0.3) is 17.4 Å². The summed E-state index contributed by atoms with van der Waals surface area (Å²) in [6.07, 6.45) is 1.70. The number of aliphatic imine (C=N–C) groups is 1. The maximum atomic E-state index is 12.4. The fourth-order valence-electron chi connectivity index (χ4n) is 2.80. The van der Waals surface area contributed by atoms with Crippen LogP contribution in [-0.4, -0.2) is 25.3 Å². The number of rotatable bonds is 5. The molecule has 30 heavy (non-hydrogen) atoms. The number of ether oxygens (including phenoxy) is 2. The Balaban J connectivity index is 1.55. The first-order valence-electron chi connectivity index (χ1n) is 8.93. The molecule has 0 aliphatic carbocycles. The molecule has 1 fully saturated rings. The average Bonchev–Trinajstić information content (AvgIpc) is 3.35. The highest BCUT2D eigenvalue weighted by Gasteiger charge is 2.25. The lowest BCUT2D eigenvalue weighted by molar-refractivity contribution is -0.115. The van der Waals surface area contributed by atoms with E-state index in [1.807, 2.05) is 36.4 Å². The predicted molar refractivity (Wildman–Crippen MR) is 122 cm³/mol. The van der Waals surface area contributed by atoms with Crippen LogP contribution in [0.5, 0.6) is 11.5 Å². The van der Waals surface area contributed by atoms with Crippen molar-refractivity contribution in [2.75, 3.05) is 14.2 Å². The molecule has 0 saturated carbocycles. The van der Waals surface area contributed by atoms with Crippen molar-refractivity contribution in [1.29, 1.82) is 0 Å². The van der Waals surface area contributed by atoms with Crippen LogP contribution in [0.4, 0.5) is 5.69 Å². The van der Waals surface area contributed by atoms with Gasteiger partial charge in [0.1, 0.15) is 28.7 Å². The zero-order valence-electron chi connectivity index (χ0n) is 16.1. The van der Waals surface area contributed by atoms with E-state index >= 15 is 0 Å². The third kappa shape index (κ3) is 4.44. The number of benzene rings is 2. The fourth-order valence-corrected chi connectivity index (χ4v) is 3.88. The van der Waals surface area contributed by atoms with Crippen molar-refractivity contribution < 1.29 is 18.7 Å². The topological polar surface area (TPSA) is 73.1 Å². The van der Waals surface area contributed by atoms with Crippen LogP contribution in [0, 0.1) is 0 Å². The molecule has 1 aromatic heterocycles. The Bertz CT molecular complexity index is 1150. The highest BCUT2D eigenvalue weighted by molar-refractivity contribution is 9.10. The van der Waals surface area contributed by atoms with Gasteiger partial charge in [-0.25, -0.2) is 4.99 Å². The van der Waals surface area contributed by atoms with Gasteiger partial charge in [-0.1, -0.05) is 28.1 Å². The second-order valence-corrected chi connectivity index (χ2v) is 8.17. The second-order valence-electron chi connectivity index (χ2n) is 6.23. The van der Waals surface area contributed by atoms with Gasteiger partial charge in [-0.2, -0.15) is 0 Å². The standard InChI is InChI=1S/C22H17BrN2O4S/c1-27-15-7-9-17(19(11-15)28-2)24-22-25-21(26)20(30-22)12-16-8-10-18(29-16)13-3-5-14(23)6-4-13/h3-12H,1-2H3,(H,24,25,26). The largest absolute Gasteiger partial charge is 0.497 e. The molecule has 1 amide bonds. The van der Waals surface area contributed by atoms with E-state index in [9.17, 15) is 4.79 Å². The summed E-state index contributed by atoms with van der Waals surface area (Å²) in [6, 6.07) is 16.8. The summed E-state index contributed by atoms with van der Waals surface area (Å²) in [4.78, 5) is 17.4. The van der Waals surface area contributed by atoms with E-state index in [-0.39, 0.29) is 5.91 Å². The third-order valence-electron chi connectivity index (χ3n) is 4.29. The maximum absolute atomic E-state index is 12.4. The fraction of sp³-hybridized carbons (Fsp3) is 0.0909. The van der Waals surface area contributed by atoms with E-state index in [1.165, 1.54) is 11.8 Å².